The molecule has 104 valence electrons. The Kier molecular flexibility index (Phi) is 4.64. The summed E-state index contributed by atoms with van der Waals surface area (Å²) >= 11 is 1.52. The van der Waals surface area contributed by atoms with E-state index in [4.69, 9.17) is 5.26 Å². The molecule has 0 spiro atoms. The molecule has 0 bridgehead atoms. The number of hydrogen-bond donors (Lipinski definition) is 1. The maximum atomic E-state index is 13.2. The second-order valence-electron chi connectivity index (χ2n) is 4.88. The number of halogens is 1. The van der Waals surface area contributed by atoms with Crippen LogP contribution in [0.3, 0.4) is 0 Å². The molecule has 0 saturated heterocycles. The molecule has 1 heterocycles. The minimum absolute atomic E-state index is 0.0575. The van der Waals surface area contributed by atoms with Crippen molar-refractivity contribution in [3.63, 3.8) is 0 Å². The van der Waals surface area contributed by atoms with Gasteiger partial charge in [0.15, 0.2) is 0 Å². The first-order valence-corrected chi connectivity index (χ1v) is 7.15. The van der Waals surface area contributed by atoms with E-state index in [2.05, 4.69) is 29.4 Å². The van der Waals surface area contributed by atoms with E-state index in [1.54, 1.807) is 12.1 Å². The van der Waals surface area contributed by atoms with E-state index in [0.717, 1.165) is 22.1 Å². The van der Waals surface area contributed by atoms with Crippen LogP contribution in [0.4, 0.5) is 9.52 Å². The molecule has 0 aliphatic heterocycles. The highest BCUT2D eigenvalue weighted by molar-refractivity contribution is 7.15. The lowest BCUT2D eigenvalue weighted by molar-refractivity contribution is 0.623. The van der Waals surface area contributed by atoms with Crippen LogP contribution in [0.5, 0.6) is 0 Å². The Morgan fingerprint density at radius 2 is 2.20 bits per heavy atom. The second-order valence-corrected chi connectivity index (χ2v) is 5.94. The van der Waals surface area contributed by atoms with Crippen LogP contribution in [0.2, 0.25) is 0 Å². The molecule has 1 aromatic heterocycles. The molecule has 0 aliphatic rings. The molecule has 0 unspecified atom stereocenters. The molecule has 0 amide bonds. The first-order valence-electron chi connectivity index (χ1n) is 6.33. The highest BCUT2D eigenvalue weighted by Gasteiger charge is 2.07. The molecule has 0 radical (unpaired) electrons. The number of hydrogen-bond acceptors (Lipinski definition) is 5. The molecular weight excluding hydrogens is 275 g/mol. The normalized spacial score (nSPS) is 10.6. The monoisotopic (exact) mass is 290 g/mol. The van der Waals surface area contributed by atoms with Crippen molar-refractivity contribution in [2.45, 2.75) is 26.8 Å². The maximum Gasteiger partial charge on any atom is 0.205 e. The largest absolute Gasteiger partial charge is 0.356 e. The van der Waals surface area contributed by atoms with Crippen LogP contribution in [0.1, 0.15) is 30.0 Å². The van der Waals surface area contributed by atoms with Crippen LogP contribution < -0.4 is 5.32 Å². The van der Waals surface area contributed by atoms with E-state index in [-0.39, 0.29) is 5.56 Å². The van der Waals surface area contributed by atoms with Crippen LogP contribution in [0.25, 0.3) is 0 Å². The molecule has 1 N–H and O–H groups in total. The highest BCUT2D eigenvalue weighted by Crippen LogP contribution is 2.19. The third-order valence-corrected chi connectivity index (χ3v) is 3.55. The molecule has 4 nitrogen and oxygen atoms in total. The fraction of sp³-hybridized carbons (Fsp3) is 0.357. The molecule has 0 fully saturated rings. The number of aromatic nitrogens is 2. The van der Waals surface area contributed by atoms with Gasteiger partial charge in [0.2, 0.25) is 5.13 Å². The smallest absolute Gasteiger partial charge is 0.205 e. The van der Waals surface area contributed by atoms with Crippen molar-refractivity contribution in [2.75, 3.05) is 5.32 Å². The Bertz CT molecular complexity index is 630. The van der Waals surface area contributed by atoms with Gasteiger partial charge in [-0.2, -0.15) is 5.26 Å². The van der Waals surface area contributed by atoms with Gasteiger partial charge in [-0.3, -0.25) is 0 Å². The minimum atomic E-state index is -0.494. The number of nitrogens with zero attached hydrogens (tertiary/aromatic N) is 3. The van der Waals surface area contributed by atoms with Crippen molar-refractivity contribution in [1.29, 1.82) is 5.26 Å². The van der Waals surface area contributed by atoms with Gasteiger partial charge in [0.25, 0.3) is 0 Å². The van der Waals surface area contributed by atoms with Crippen molar-refractivity contribution in [1.82, 2.24) is 10.2 Å². The first-order chi connectivity index (χ1) is 9.58. The van der Waals surface area contributed by atoms with Gasteiger partial charge in [0, 0.05) is 13.0 Å². The quantitative estimate of drug-likeness (QED) is 0.917. The molecule has 6 heteroatoms. The van der Waals surface area contributed by atoms with E-state index in [9.17, 15) is 4.39 Å². The third-order valence-electron chi connectivity index (χ3n) is 2.64. The van der Waals surface area contributed by atoms with E-state index in [1.165, 1.54) is 17.4 Å². The number of nitrogens with one attached hydrogen (secondary N) is 1. The standard InChI is InChI=1S/C14H15FN4S/c1-9(2)5-13-18-19-14(20-13)17-8-10-3-4-12(15)11(6-10)7-16/h3-4,6,9H,5,8H2,1-2H3,(H,17,19). The van der Waals surface area contributed by atoms with Gasteiger partial charge in [-0.25, -0.2) is 4.39 Å². The highest BCUT2D eigenvalue weighted by atomic mass is 32.1. The van der Waals surface area contributed by atoms with Gasteiger partial charge in [0.05, 0.1) is 5.56 Å². The van der Waals surface area contributed by atoms with Crippen LogP contribution in [0, 0.1) is 23.1 Å². The molecule has 0 aliphatic carbocycles. The summed E-state index contributed by atoms with van der Waals surface area (Å²) in [5, 5.41) is 21.8. The Morgan fingerprint density at radius 3 is 2.90 bits per heavy atom. The van der Waals surface area contributed by atoms with Crippen molar-refractivity contribution in [3.8, 4) is 6.07 Å². The van der Waals surface area contributed by atoms with Gasteiger partial charge in [-0.15, -0.1) is 10.2 Å². The zero-order chi connectivity index (χ0) is 14.5. The second kappa shape index (κ2) is 6.44. The van der Waals surface area contributed by atoms with E-state index in [0.29, 0.717) is 12.5 Å². The summed E-state index contributed by atoms with van der Waals surface area (Å²) in [6, 6.07) is 6.33. The van der Waals surface area contributed by atoms with E-state index in [1.807, 2.05) is 6.07 Å². The fourth-order valence-corrected chi connectivity index (χ4v) is 2.65. The van der Waals surface area contributed by atoms with Crippen LogP contribution in [0.15, 0.2) is 18.2 Å². The Labute approximate surface area is 121 Å². The number of anilines is 1. The Hall–Kier alpha value is -2.00. The van der Waals surface area contributed by atoms with Crippen LogP contribution in [-0.4, -0.2) is 10.2 Å². The van der Waals surface area contributed by atoms with E-state index < -0.39 is 5.82 Å². The number of nitriles is 1. The van der Waals surface area contributed by atoms with Crippen molar-refractivity contribution < 1.29 is 4.39 Å². The Morgan fingerprint density at radius 1 is 1.40 bits per heavy atom. The molecule has 1 aromatic carbocycles. The summed E-state index contributed by atoms with van der Waals surface area (Å²) in [4.78, 5) is 0. The SMILES string of the molecule is CC(C)Cc1nnc(NCc2ccc(F)c(C#N)c2)s1. The molecule has 2 aromatic rings. The maximum absolute atomic E-state index is 13.2. The molecule has 0 atom stereocenters. The van der Waals surface area contributed by atoms with Crippen molar-refractivity contribution >= 4 is 16.5 Å². The van der Waals surface area contributed by atoms with Crippen molar-refractivity contribution in [3.05, 3.63) is 40.2 Å². The van der Waals surface area contributed by atoms with Gasteiger partial charge in [-0.05, 0) is 23.6 Å². The van der Waals surface area contributed by atoms with Crippen LogP contribution >= 0.6 is 11.3 Å². The summed E-state index contributed by atoms with van der Waals surface area (Å²) in [7, 11) is 0. The van der Waals surface area contributed by atoms with Gasteiger partial charge in [-0.1, -0.05) is 31.3 Å². The zero-order valence-electron chi connectivity index (χ0n) is 11.4. The minimum Gasteiger partial charge on any atom is -0.356 e. The zero-order valence-corrected chi connectivity index (χ0v) is 12.2. The molecule has 0 saturated carbocycles. The number of benzene rings is 1. The predicted octanol–water partition coefficient (Wildman–Crippen LogP) is 3.36. The van der Waals surface area contributed by atoms with E-state index >= 15 is 0 Å². The molecular formula is C14H15FN4S. The van der Waals surface area contributed by atoms with Gasteiger partial charge < -0.3 is 5.32 Å². The molecule has 20 heavy (non-hydrogen) atoms. The average Bonchev–Trinajstić information content (AvgIpc) is 2.84. The number of rotatable bonds is 5. The Balaban J connectivity index is 1.98. The van der Waals surface area contributed by atoms with Crippen molar-refractivity contribution in [2.24, 2.45) is 5.92 Å². The van der Waals surface area contributed by atoms with Crippen LogP contribution in [-0.2, 0) is 13.0 Å². The summed E-state index contributed by atoms with van der Waals surface area (Å²) < 4.78 is 13.2. The average molecular weight is 290 g/mol. The summed E-state index contributed by atoms with van der Waals surface area (Å²) in [5.74, 6) is 0.0532. The fourth-order valence-electron chi connectivity index (χ4n) is 1.70. The summed E-state index contributed by atoms with van der Waals surface area (Å²) in [6.45, 7) is 4.76. The third kappa shape index (κ3) is 3.75. The summed E-state index contributed by atoms with van der Waals surface area (Å²) in [6.07, 6.45) is 0.911. The molecule has 2 rings (SSSR count). The topological polar surface area (TPSA) is 61.6 Å². The van der Waals surface area contributed by atoms with Gasteiger partial charge >= 0.3 is 0 Å². The lowest BCUT2D eigenvalue weighted by atomic mass is 10.1. The first kappa shape index (κ1) is 14.4. The predicted molar refractivity (Wildman–Crippen MR) is 76.9 cm³/mol. The summed E-state index contributed by atoms with van der Waals surface area (Å²) in [5.41, 5.74) is 0.894. The lowest BCUT2D eigenvalue weighted by Gasteiger charge is -2.03. The lowest BCUT2D eigenvalue weighted by Crippen LogP contribution is -2.00. The van der Waals surface area contributed by atoms with Gasteiger partial charge in [0.1, 0.15) is 16.9 Å².